The van der Waals surface area contributed by atoms with Gasteiger partial charge in [0.15, 0.2) is 6.23 Å². The Labute approximate surface area is 283 Å². The van der Waals surface area contributed by atoms with E-state index < -0.39 is 30.0 Å². The second-order valence-corrected chi connectivity index (χ2v) is 12.4. The first-order valence-electron chi connectivity index (χ1n) is 13.4. The van der Waals surface area contributed by atoms with E-state index in [1.165, 1.54) is 19.3 Å². The van der Waals surface area contributed by atoms with Gasteiger partial charge < -0.3 is 34.4 Å². The molecule has 2 aromatic heterocycles. The SMILES string of the molecule is COC(=O)C=Cc1cn([C@@H]2O[C@H](COCc3ccc(Cl)cc3Cl)[C@@H](OCc3ccc(Cl)cc3Cl)[C@@]2(C)O)c2nc(Cl)nc(N)c12. The third-order valence-electron chi connectivity index (χ3n) is 7.26. The maximum absolute atomic E-state index is 12.1. The van der Waals surface area contributed by atoms with Crippen molar-refractivity contribution < 1.29 is 28.8 Å². The van der Waals surface area contributed by atoms with Gasteiger partial charge in [-0.1, -0.05) is 58.5 Å². The largest absolute Gasteiger partial charge is 0.466 e. The Balaban J connectivity index is 1.49. The minimum Gasteiger partial charge on any atom is -0.466 e. The van der Waals surface area contributed by atoms with E-state index in [0.717, 1.165) is 0 Å². The molecule has 1 saturated heterocycles. The Morgan fingerprint density at radius 1 is 1.07 bits per heavy atom. The second kappa shape index (κ2) is 14.0. The van der Waals surface area contributed by atoms with E-state index in [-0.39, 0.29) is 36.6 Å². The van der Waals surface area contributed by atoms with Crippen LogP contribution in [0.25, 0.3) is 17.1 Å². The summed E-state index contributed by atoms with van der Waals surface area (Å²) in [5.74, 6) is -0.517. The number of nitrogens with two attached hydrogens (primary N) is 1. The van der Waals surface area contributed by atoms with E-state index >= 15 is 0 Å². The molecule has 1 aliphatic rings. The fourth-order valence-corrected chi connectivity index (χ4v) is 6.19. The van der Waals surface area contributed by atoms with Gasteiger partial charge in [0, 0.05) is 37.9 Å². The van der Waals surface area contributed by atoms with Gasteiger partial charge >= 0.3 is 5.97 Å². The molecule has 1 aliphatic heterocycles. The number of rotatable bonds is 10. The number of carbonyl (C=O) groups excluding carboxylic acids is 1. The quantitative estimate of drug-likeness (QED) is 0.102. The number of benzene rings is 2. The van der Waals surface area contributed by atoms with Crippen LogP contribution in [0.1, 0.15) is 29.8 Å². The summed E-state index contributed by atoms with van der Waals surface area (Å²) in [5.41, 5.74) is 6.64. The number of ether oxygens (including phenoxy) is 4. The molecule has 0 spiro atoms. The molecule has 0 unspecified atom stereocenters. The zero-order valence-electron chi connectivity index (χ0n) is 23.8. The first-order valence-corrected chi connectivity index (χ1v) is 15.3. The summed E-state index contributed by atoms with van der Waals surface area (Å²) in [6.07, 6.45) is 1.54. The van der Waals surface area contributed by atoms with Gasteiger partial charge in [0.25, 0.3) is 0 Å². The van der Waals surface area contributed by atoms with Crippen LogP contribution in [0, 0.1) is 0 Å². The molecule has 15 heteroatoms. The topological polar surface area (TPSA) is 131 Å². The summed E-state index contributed by atoms with van der Waals surface area (Å²) in [7, 11) is 1.26. The maximum atomic E-state index is 12.1. The number of halogens is 5. The molecule has 4 aromatic rings. The molecule has 4 atom stereocenters. The summed E-state index contributed by atoms with van der Waals surface area (Å²) >= 11 is 31.0. The smallest absolute Gasteiger partial charge is 0.330 e. The fraction of sp³-hybridized carbons (Fsp3) is 0.300. The van der Waals surface area contributed by atoms with Crippen molar-refractivity contribution in [2.45, 2.75) is 44.2 Å². The van der Waals surface area contributed by atoms with Crippen LogP contribution in [0.2, 0.25) is 25.4 Å². The predicted molar refractivity (Wildman–Crippen MR) is 174 cm³/mol. The van der Waals surface area contributed by atoms with Crippen molar-refractivity contribution in [2.75, 3.05) is 19.5 Å². The lowest BCUT2D eigenvalue weighted by Gasteiger charge is -2.31. The number of nitrogens with zero attached hydrogens (tertiary/aromatic N) is 3. The molecule has 5 rings (SSSR count). The predicted octanol–water partition coefficient (Wildman–Crippen LogP) is 6.92. The zero-order valence-corrected chi connectivity index (χ0v) is 27.6. The number of fused-ring (bicyclic) bond motifs is 1. The minimum atomic E-state index is -1.67. The molecule has 0 radical (unpaired) electrons. The van der Waals surface area contributed by atoms with Crippen molar-refractivity contribution in [3.05, 3.63) is 90.7 Å². The van der Waals surface area contributed by atoms with E-state index in [1.807, 2.05) is 0 Å². The van der Waals surface area contributed by atoms with Gasteiger partial charge in [-0.25, -0.2) is 9.78 Å². The van der Waals surface area contributed by atoms with Gasteiger partial charge in [0.05, 0.1) is 32.3 Å². The molecule has 2 aromatic carbocycles. The second-order valence-electron chi connectivity index (χ2n) is 10.4. The molecule has 1 fully saturated rings. The summed E-state index contributed by atoms with van der Waals surface area (Å²) in [6, 6.07) is 10.1. The number of carbonyl (C=O) groups is 1. The summed E-state index contributed by atoms with van der Waals surface area (Å²) in [4.78, 5) is 20.3. The van der Waals surface area contributed by atoms with Crippen LogP contribution in [0.15, 0.2) is 48.7 Å². The minimum absolute atomic E-state index is 0.0107. The third-order valence-corrected chi connectivity index (χ3v) is 8.60. The van der Waals surface area contributed by atoms with Crippen LogP contribution in [-0.2, 0) is 37.0 Å². The highest BCUT2D eigenvalue weighted by atomic mass is 35.5. The lowest BCUT2D eigenvalue weighted by Crippen LogP contribution is -2.46. The van der Waals surface area contributed by atoms with Gasteiger partial charge in [0.2, 0.25) is 5.28 Å². The lowest BCUT2D eigenvalue weighted by atomic mass is 9.96. The van der Waals surface area contributed by atoms with Crippen molar-refractivity contribution in [3.8, 4) is 0 Å². The molecule has 3 heterocycles. The number of aliphatic hydroxyl groups is 1. The number of hydrogen-bond donors (Lipinski definition) is 2. The van der Waals surface area contributed by atoms with Crippen molar-refractivity contribution in [3.63, 3.8) is 0 Å². The van der Waals surface area contributed by atoms with Gasteiger partial charge in [-0.3, -0.25) is 0 Å². The van der Waals surface area contributed by atoms with E-state index in [2.05, 4.69) is 9.97 Å². The molecule has 0 saturated carbocycles. The molecule has 3 N–H and O–H groups in total. The highest BCUT2D eigenvalue weighted by molar-refractivity contribution is 6.35. The number of hydrogen-bond acceptors (Lipinski definition) is 9. The van der Waals surface area contributed by atoms with Crippen LogP contribution in [-0.4, -0.2) is 57.1 Å². The lowest BCUT2D eigenvalue weighted by molar-refractivity contribution is -0.134. The molecule has 0 bridgehead atoms. The Morgan fingerprint density at radius 3 is 2.33 bits per heavy atom. The van der Waals surface area contributed by atoms with Gasteiger partial charge in [-0.2, -0.15) is 4.98 Å². The number of nitrogen functional groups attached to an aromatic ring is 1. The zero-order chi connectivity index (χ0) is 32.5. The van der Waals surface area contributed by atoms with Crippen LogP contribution >= 0.6 is 58.0 Å². The van der Waals surface area contributed by atoms with E-state index in [4.69, 9.17) is 82.7 Å². The van der Waals surface area contributed by atoms with Crippen LogP contribution in [0.5, 0.6) is 0 Å². The van der Waals surface area contributed by atoms with E-state index in [0.29, 0.717) is 42.2 Å². The summed E-state index contributed by atoms with van der Waals surface area (Å²) in [6.45, 7) is 1.76. The number of anilines is 1. The van der Waals surface area contributed by atoms with Crippen molar-refractivity contribution in [1.82, 2.24) is 14.5 Å². The summed E-state index contributed by atoms with van der Waals surface area (Å²) < 4.78 is 25.0. The molecule has 0 aliphatic carbocycles. The first kappa shape index (κ1) is 33.7. The standard InChI is InChI=1S/C30H27Cl5N4O6/c1-30(41)25(44-13-17-4-7-19(32)10-21(17)34)22(14-43-12-16-3-6-18(31)9-20(16)33)45-28(30)39-11-15(5-8-23(40)42-2)24-26(36)37-29(35)38-27(24)39/h3-11,22,25,28,41H,12-14H2,1-2H3,(H2,36,37,38)/t22-,25-,28-,30-/m1/s1. The van der Waals surface area contributed by atoms with E-state index in [9.17, 15) is 9.90 Å². The van der Waals surface area contributed by atoms with E-state index in [1.54, 1.807) is 54.1 Å². The Hall–Kier alpha value is -2.64. The van der Waals surface area contributed by atoms with Crippen LogP contribution < -0.4 is 5.73 Å². The highest BCUT2D eigenvalue weighted by Crippen LogP contribution is 2.43. The average molecular weight is 717 g/mol. The molecule has 0 amide bonds. The van der Waals surface area contributed by atoms with Gasteiger partial charge in [-0.05, 0) is 60.0 Å². The highest BCUT2D eigenvalue weighted by Gasteiger charge is 2.55. The Morgan fingerprint density at radius 2 is 1.71 bits per heavy atom. The first-order chi connectivity index (χ1) is 21.4. The number of esters is 1. The Bertz CT molecular complexity index is 1760. The van der Waals surface area contributed by atoms with Crippen molar-refractivity contribution in [2.24, 2.45) is 0 Å². The third kappa shape index (κ3) is 7.35. The van der Waals surface area contributed by atoms with Gasteiger partial charge in [-0.15, -0.1) is 0 Å². The number of methoxy groups -OCH3 is 1. The monoisotopic (exact) mass is 714 g/mol. The van der Waals surface area contributed by atoms with Crippen molar-refractivity contribution >= 4 is 86.9 Å². The van der Waals surface area contributed by atoms with Gasteiger partial charge in [0.1, 0.15) is 29.3 Å². The molecular weight excluding hydrogens is 690 g/mol. The summed E-state index contributed by atoms with van der Waals surface area (Å²) in [5, 5.41) is 14.2. The normalized spacial score (nSPS) is 21.6. The van der Waals surface area contributed by atoms with Crippen LogP contribution in [0.4, 0.5) is 5.82 Å². The average Bonchev–Trinajstić information content (AvgIpc) is 3.45. The molecular formula is C30H27Cl5N4O6. The fourth-order valence-electron chi connectivity index (χ4n) is 5.09. The maximum Gasteiger partial charge on any atom is 0.330 e. The molecule has 10 nitrogen and oxygen atoms in total. The van der Waals surface area contributed by atoms with Crippen LogP contribution in [0.3, 0.4) is 0 Å². The Kier molecular flexibility index (Phi) is 10.5. The molecule has 238 valence electrons. The number of aromatic nitrogens is 3. The van der Waals surface area contributed by atoms with Crippen molar-refractivity contribution in [1.29, 1.82) is 0 Å². The molecule has 45 heavy (non-hydrogen) atoms.